The van der Waals surface area contributed by atoms with E-state index in [-0.39, 0.29) is 11.3 Å². The van der Waals surface area contributed by atoms with Crippen LogP contribution in [0.1, 0.15) is 32.4 Å². The number of azide groups is 1. The highest BCUT2D eigenvalue weighted by Crippen LogP contribution is 2.24. The van der Waals surface area contributed by atoms with Crippen LogP contribution in [-0.4, -0.2) is 23.4 Å². The van der Waals surface area contributed by atoms with Gasteiger partial charge in [-0.1, -0.05) is 5.11 Å². The molecule has 0 spiro atoms. The molecule has 114 valence electrons. The lowest BCUT2D eigenvalue weighted by Crippen LogP contribution is -2.27. The Morgan fingerprint density at radius 1 is 1.57 bits per heavy atom. The summed E-state index contributed by atoms with van der Waals surface area (Å²) in [5.74, 6) is -0.642. The van der Waals surface area contributed by atoms with Crippen molar-refractivity contribution in [1.82, 2.24) is 0 Å². The summed E-state index contributed by atoms with van der Waals surface area (Å²) in [5, 5.41) is 14.9. The molecule has 0 saturated heterocycles. The molecule has 1 atom stereocenters. The van der Waals surface area contributed by atoms with Crippen molar-refractivity contribution in [1.29, 1.82) is 0 Å². The molecule has 0 fully saturated rings. The third kappa shape index (κ3) is 5.29. The number of amides is 1. The molecule has 0 aliphatic heterocycles. The predicted molar refractivity (Wildman–Crippen MR) is 75.2 cm³/mol. The average Bonchev–Trinajstić information content (AvgIpc) is 2.36. The van der Waals surface area contributed by atoms with Gasteiger partial charge in [0.1, 0.15) is 11.4 Å². The van der Waals surface area contributed by atoms with E-state index in [0.717, 1.165) is 6.07 Å². The van der Waals surface area contributed by atoms with Crippen molar-refractivity contribution >= 4 is 11.8 Å². The molecule has 0 bridgehead atoms. The number of hydrogen-bond donors (Lipinski definition) is 2. The second-order valence-corrected chi connectivity index (χ2v) is 5.27. The van der Waals surface area contributed by atoms with E-state index in [1.165, 1.54) is 12.1 Å². The fourth-order valence-corrected chi connectivity index (χ4v) is 1.56. The molecule has 1 aromatic rings. The summed E-state index contributed by atoms with van der Waals surface area (Å²) < 4.78 is 18.8. The second kappa shape index (κ2) is 6.92. The van der Waals surface area contributed by atoms with Crippen molar-refractivity contribution in [3.05, 3.63) is 40.0 Å². The first kappa shape index (κ1) is 16.7. The third-order valence-electron chi connectivity index (χ3n) is 2.36. The van der Waals surface area contributed by atoms with Gasteiger partial charge in [-0.15, -0.1) is 0 Å². The van der Waals surface area contributed by atoms with Gasteiger partial charge in [0.15, 0.2) is 0 Å². The normalized spacial score (nSPS) is 12.2. The predicted octanol–water partition coefficient (Wildman–Crippen LogP) is 3.52. The van der Waals surface area contributed by atoms with Gasteiger partial charge >= 0.3 is 6.09 Å². The standard InChI is InChI=1S/C13H17FN4O3/c1-13(2,3)21-12(20)16-8-4-5-10(14)9(6-8)11(7-19)17-18-15/h4-6,11,19H,7H2,1-3H3,(H,16,20). The minimum absolute atomic E-state index is 0.0103. The number of ether oxygens (including phenoxy) is 1. The molecule has 1 amide bonds. The first-order valence-corrected chi connectivity index (χ1v) is 6.21. The summed E-state index contributed by atoms with van der Waals surface area (Å²) >= 11 is 0. The van der Waals surface area contributed by atoms with Gasteiger partial charge < -0.3 is 9.84 Å². The largest absolute Gasteiger partial charge is 0.444 e. The molecule has 1 rings (SSSR count). The Kier molecular flexibility index (Phi) is 5.52. The van der Waals surface area contributed by atoms with Crippen LogP contribution in [0.25, 0.3) is 10.4 Å². The topological polar surface area (TPSA) is 107 Å². The Balaban J connectivity index is 2.96. The van der Waals surface area contributed by atoms with Gasteiger partial charge in [-0.25, -0.2) is 9.18 Å². The molecular weight excluding hydrogens is 279 g/mol. The fourth-order valence-electron chi connectivity index (χ4n) is 1.56. The molecule has 0 aliphatic rings. The molecular formula is C13H17FN4O3. The lowest BCUT2D eigenvalue weighted by Gasteiger charge is -2.20. The number of aliphatic hydroxyl groups is 1. The summed E-state index contributed by atoms with van der Waals surface area (Å²) in [6.45, 7) is 4.60. The number of hydrogen-bond acceptors (Lipinski definition) is 4. The number of benzene rings is 1. The molecule has 8 heteroatoms. The van der Waals surface area contributed by atoms with Crippen LogP contribution in [-0.2, 0) is 4.74 Å². The smallest absolute Gasteiger partial charge is 0.412 e. The van der Waals surface area contributed by atoms with E-state index in [1.54, 1.807) is 20.8 Å². The molecule has 0 heterocycles. The van der Waals surface area contributed by atoms with Crippen LogP contribution < -0.4 is 5.32 Å². The number of halogens is 1. The summed E-state index contributed by atoms with van der Waals surface area (Å²) in [6.07, 6.45) is -0.690. The van der Waals surface area contributed by atoms with Crippen molar-refractivity contribution in [2.45, 2.75) is 32.4 Å². The highest BCUT2D eigenvalue weighted by molar-refractivity contribution is 5.85. The fraction of sp³-hybridized carbons (Fsp3) is 0.462. The van der Waals surface area contributed by atoms with Gasteiger partial charge in [0.2, 0.25) is 0 Å². The second-order valence-electron chi connectivity index (χ2n) is 5.27. The zero-order chi connectivity index (χ0) is 16.0. The van der Waals surface area contributed by atoms with Gasteiger partial charge in [-0.3, -0.25) is 5.32 Å². The van der Waals surface area contributed by atoms with Crippen LogP contribution in [0.3, 0.4) is 0 Å². The maximum absolute atomic E-state index is 13.7. The number of nitrogens with zero attached hydrogens (tertiary/aromatic N) is 3. The maximum atomic E-state index is 13.7. The SMILES string of the molecule is CC(C)(C)OC(=O)Nc1ccc(F)c(C(CO)N=[N+]=[N-])c1. The number of carbonyl (C=O) groups is 1. The molecule has 0 aliphatic carbocycles. The first-order chi connectivity index (χ1) is 9.76. The Bertz CT molecular complexity index is 565. The zero-order valence-electron chi connectivity index (χ0n) is 12.0. The van der Waals surface area contributed by atoms with Crippen LogP contribution in [0.2, 0.25) is 0 Å². The van der Waals surface area contributed by atoms with Gasteiger partial charge in [-0.05, 0) is 44.5 Å². The first-order valence-electron chi connectivity index (χ1n) is 6.21. The minimum atomic E-state index is -1.06. The van der Waals surface area contributed by atoms with Gasteiger partial charge in [-0.2, -0.15) is 0 Å². The molecule has 0 saturated carbocycles. The van der Waals surface area contributed by atoms with Crippen LogP contribution in [0, 0.1) is 5.82 Å². The summed E-state index contributed by atoms with van der Waals surface area (Å²) in [5.41, 5.74) is 8.00. The Morgan fingerprint density at radius 2 is 2.24 bits per heavy atom. The zero-order valence-corrected chi connectivity index (χ0v) is 12.0. The van der Waals surface area contributed by atoms with Crippen molar-refractivity contribution in [3.8, 4) is 0 Å². The van der Waals surface area contributed by atoms with Crippen molar-refractivity contribution in [2.24, 2.45) is 5.11 Å². The van der Waals surface area contributed by atoms with Crippen LogP contribution in [0.5, 0.6) is 0 Å². The van der Waals surface area contributed by atoms with Crippen molar-refractivity contribution in [3.63, 3.8) is 0 Å². The summed E-state index contributed by atoms with van der Waals surface area (Å²) in [4.78, 5) is 14.2. The number of anilines is 1. The van der Waals surface area contributed by atoms with Gasteiger partial charge in [0.25, 0.3) is 0 Å². The Hall–Kier alpha value is -2.31. The Labute approximate surface area is 121 Å². The van der Waals surface area contributed by atoms with Crippen LogP contribution >= 0.6 is 0 Å². The van der Waals surface area contributed by atoms with E-state index >= 15 is 0 Å². The Morgan fingerprint density at radius 3 is 2.76 bits per heavy atom. The van der Waals surface area contributed by atoms with Crippen LogP contribution in [0.4, 0.5) is 14.9 Å². The monoisotopic (exact) mass is 296 g/mol. The number of aliphatic hydroxyl groups excluding tert-OH is 1. The quantitative estimate of drug-likeness (QED) is 0.504. The highest BCUT2D eigenvalue weighted by Gasteiger charge is 2.18. The maximum Gasteiger partial charge on any atom is 0.412 e. The van der Waals surface area contributed by atoms with E-state index in [2.05, 4.69) is 15.3 Å². The molecule has 7 nitrogen and oxygen atoms in total. The molecule has 1 aromatic carbocycles. The molecule has 21 heavy (non-hydrogen) atoms. The summed E-state index contributed by atoms with van der Waals surface area (Å²) in [7, 11) is 0. The molecule has 1 unspecified atom stereocenters. The minimum Gasteiger partial charge on any atom is -0.444 e. The van der Waals surface area contributed by atoms with Crippen LogP contribution in [0.15, 0.2) is 23.3 Å². The molecule has 0 aromatic heterocycles. The lowest BCUT2D eigenvalue weighted by molar-refractivity contribution is 0.0636. The van der Waals surface area contributed by atoms with Gasteiger partial charge in [0, 0.05) is 16.2 Å². The van der Waals surface area contributed by atoms with Gasteiger partial charge in [0.05, 0.1) is 12.6 Å². The van der Waals surface area contributed by atoms with E-state index in [9.17, 15) is 9.18 Å². The molecule has 2 N–H and O–H groups in total. The van der Waals surface area contributed by atoms with E-state index in [4.69, 9.17) is 15.4 Å². The summed E-state index contributed by atoms with van der Waals surface area (Å²) in [6, 6.07) is 2.68. The number of rotatable bonds is 4. The highest BCUT2D eigenvalue weighted by atomic mass is 19.1. The lowest BCUT2D eigenvalue weighted by atomic mass is 10.1. The van der Waals surface area contributed by atoms with E-state index in [0.29, 0.717) is 0 Å². The van der Waals surface area contributed by atoms with Crippen molar-refractivity contribution in [2.75, 3.05) is 11.9 Å². The van der Waals surface area contributed by atoms with E-state index < -0.39 is 30.2 Å². The number of nitrogens with one attached hydrogen (secondary N) is 1. The third-order valence-corrected chi connectivity index (χ3v) is 2.36. The number of carbonyl (C=O) groups excluding carboxylic acids is 1. The van der Waals surface area contributed by atoms with E-state index in [1.807, 2.05) is 0 Å². The average molecular weight is 296 g/mol. The molecule has 0 radical (unpaired) electrons. The van der Waals surface area contributed by atoms with Crippen molar-refractivity contribution < 1.29 is 19.0 Å².